The lowest BCUT2D eigenvalue weighted by molar-refractivity contribution is -0.142. The molecule has 0 fully saturated rings. The van der Waals surface area contributed by atoms with Crippen LogP contribution in [0.1, 0.15) is 23.7 Å². The summed E-state index contributed by atoms with van der Waals surface area (Å²) >= 11 is 0. The molecule has 0 aromatic heterocycles. The van der Waals surface area contributed by atoms with Gasteiger partial charge in [0.1, 0.15) is 12.3 Å². The van der Waals surface area contributed by atoms with Crippen molar-refractivity contribution in [3.05, 3.63) is 48.0 Å². The van der Waals surface area contributed by atoms with Gasteiger partial charge in [0, 0.05) is 30.3 Å². The number of nitrogens with two attached hydrogens (primary N) is 1. The first-order valence-corrected chi connectivity index (χ1v) is 9.26. The van der Waals surface area contributed by atoms with E-state index >= 15 is 0 Å². The van der Waals surface area contributed by atoms with Gasteiger partial charge in [-0.25, -0.2) is 0 Å². The van der Waals surface area contributed by atoms with E-state index in [0.29, 0.717) is 28.4 Å². The number of esters is 1. The van der Waals surface area contributed by atoms with E-state index in [9.17, 15) is 14.4 Å². The molecular weight excluding hydrogens is 374 g/mol. The number of methoxy groups -OCH3 is 1. The minimum absolute atomic E-state index is 0.0666. The Hall–Kier alpha value is -3.55. The zero-order chi connectivity index (χ0) is 21.0. The molecule has 2 aromatic carbocycles. The predicted molar refractivity (Wildman–Crippen MR) is 109 cm³/mol. The van der Waals surface area contributed by atoms with Crippen LogP contribution in [0.4, 0.5) is 17.1 Å². The Morgan fingerprint density at radius 3 is 2.48 bits per heavy atom. The second-order valence-electron chi connectivity index (χ2n) is 6.47. The maximum absolute atomic E-state index is 13.2. The van der Waals surface area contributed by atoms with Crippen LogP contribution in [0.2, 0.25) is 0 Å². The minimum atomic E-state index is -0.520. The van der Waals surface area contributed by atoms with E-state index in [-0.39, 0.29) is 37.9 Å². The average molecular weight is 397 g/mol. The molecule has 0 unspecified atom stereocenters. The Balaban J connectivity index is 2.04. The topological polar surface area (TPSA) is 102 Å². The van der Waals surface area contributed by atoms with Crippen molar-refractivity contribution in [1.29, 1.82) is 0 Å². The fourth-order valence-electron chi connectivity index (χ4n) is 3.17. The van der Waals surface area contributed by atoms with Crippen LogP contribution in [-0.2, 0) is 14.3 Å². The Labute approximate surface area is 168 Å². The normalized spacial score (nSPS) is 13.5. The van der Waals surface area contributed by atoms with Crippen molar-refractivity contribution < 1.29 is 23.9 Å². The average Bonchev–Trinajstić information content (AvgIpc) is 2.85. The summed E-state index contributed by atoms with van der Waals surface area (Å²) in [6.45, 7) is 1.86. The number of amides is 2. The molecule has 1 aliphatic heterocycles. The fourth-order valence-corrected chi connectivity index (χ4v) is 3.17. The summed E-state index contributed by atoms with van der Waals surface area (Å²) in [4.78, 5) is 40.9. The van der Waals surface area contributed by atoms with Crippen LogP contribution < -0.4 is 20.3 Å². The second kappa shape index (κ2) is 8.64. The molecule has 0 saturated carbocycles. The van der Waals surface area contributed by atoms with Gasteiger partial charge in [0.05, 0.1) is 25.1 Å². The SMILES string of the molecule is CCOC(=O)CN1C(=O)CCN(C(=O)c2ccc(N)cc2)c2ccc(OC)cc21. The summed E-state index contributed by atoms with van der Waals surface area (Å²) in [6, 6.07) is 11.6. The number of benzene rings is 2. The van der Waals surface area contributed by atoms with Gasteiger partial charge in [-0.05, 0) is 43.3 Å². The first kappa shape index (κ1) is 20.2. The van der Waals surface area contributed by atoms with Crippen molar-refractivity contribution in [2.75, 3.05) is 42.3 Å². The molecule has 0 spiro atoms. The highest BCUT2D eigenvalue weighted by molar-refractivity contribution is 6.12. The molecule has 2 aromatic rings. The third-order valence-electron chi connectivity index (χ3n) is 4.61. The van der Waals surface area contributed by atoms with E-state index in [0.717, 1.165) is 0 Å². The van der Waals surface area contributed by atoms with Gasteiger partial charge in [0.15, 0.2) is 0 Å². The summed E-state index contributed by atoms with van der Waals surface area (Å²) in [5.74, 6) is -0.553. The first-order valence-electron chi connectivity index (χ1n) is 9.26. The number of carbonyl (C=O) groups is 3. The van der Waals surface area contributed by atoms with E-state index in [1.807, 2.05) is 0 Å². The highest BCUT2D eigenvalue weighted by Gasteiger charge is 2.31. The quantitative estimate of drug-likeness (QED) is 0.613. The molecule has 8 nitrogen and oxygen atoms in total. The van der Waals surface area contributed by atoms with E-state index in [1.54, 1.807) is 49.4 Å². The summed E-state index contributed by atoms with van der Waals surface area (Å²) in [5.41, 5.74) is 7.65. The molecule has 0 bridgehead atoms. The summed E-state index contributed by atoms with van der Waals surface area (Å²) in [7, 11) is 1.51. The predicted octanol–water partition coefficient (Wildman–Crippen LogP) is 2.22. The van der Waals surface area contributed by atoms with Gasteiger partial charge in [-0.15, -0.1) is 0 Å². The molecule has 0 saturated heterocycles. The second-order valence-corrected chi connectivity index (χ2v) is 6.47. The van der Waals surface area contributed by atoms with Crippen LogP contribution in [0, 0.1) is 0 Å². The number of anilines is 3. The summed E-state index contributed by atoms with van der Waals surface area (Å²) in [6.07, 6.45) is 0.0666. The fraction of sp³-hybridized carbons (Fsp3) is 0.286. The lowest BCUT2D eigenvalue weighted by Gasteiger charge is -2.25. The van der Waals surface area contributed by atoms with E-state index in [4.69, 9.17) is 15.2 Å². The molecule has 0 atom stereocenters. The molecule has 1 aliphatic rings. The number of nitrogens with zero attached hydrogens (tertiary/aromatic N) is 2. The standard InChI is InChI=1S/C21H23N3O5/c1-3-29-20(26)13-24-18-12-16(28-2)8-9-17(18)23(11-10-19(24)25)21(27)14-4-6-15(22)7-5-14/h4-9,12H,3,10-11,13,22H2,1-2H3. The van der Waals surface area contributed by atoms with E-state index < -0.39 is 5.97 Å². The number of nitrogen functional groups attached to an aromatic ring is 1. The molecule has 2 N–H and O–H groups in total. The number of ether oxygens (including phenoxy) is 2. The number of hydrogen-bond donors (Lipinski definition) is 1. The smallest absolute Gasteiger partial charge is 0.326 e. The van der Waals surface area contributed by atoms with Gasteiger partial charge in [-0.2, -0.15) is 0 Å². The molecule has 8 heteroatoms. The Morgan fingerprint density at radius 2 is 1.83 bits per heavy atom. The van der Waals surface area contributed by atoms with Crippen molar-refractivity contribution in [1.82, 2.24) is 0 Å². The van der Waals surface area contributed by atoms with Crippen molar-refractivity contribution in [2.24, 2.45) is 0 Å². The number of fused-ring (bicyclic) bond motifs is 1. The zero-order valence-electron chi connectivity index (χ0n) is 16.4. The number of carbonyl (C=O) groups excluding carboxylic acids is 3. The number of rotatable bonds is 5. The van der Waals surface area contributed by atoms with E-state index in [1.165, 1.54) is 16.9 Å². The first-order chi connectivity index (χ1) is 13.9. The molecule has 0 aliphatic carbocycles. The molecule has 1 heterocycles. The van der Waals surface area contributed by atoms with Crippen molar-refractivity contribution in [3.63, 3.8) is 0 Å². The Bertz CT molecular complexity index is 926. The number of hydrogen-bond acceptors (Lipinski definition) is 6. The highest BCUT2D eigenvalue weighted by atomic mass is 16.5. The third-order valence-corrected chi connectivity index (χ3v) is 4.61. The van der Waals surface area contributed by atoms with Gasteiger partial charge in [0.25, 0.3) is 5.91 Å². The van der Waals surface area contributed by atoms with Crippen LogP contribution in [0.15, 0.2) is 42.5 Å². The van der Waals surface area contributed by atoms with Crippen molar-refractivity contribution >= 4 is 34.8 Å². The molecular formula is C21H23N3O5. The zero-order valence-corrected chi connectivity index (χ0v) is 16.4. The van der Waals surface area contributed by atoms with Crippen LogP contribution in [-0.4, -0.2) is 44.6 Å². The summed E-state index contributed by atoms with van der Waals surface area (Å²) < 4.78 is 10.3. The maximum Gasteiger partial charge on any atom is 0.326 e. The van der Waals surface area contributed by atoms with Crippen molar-refractivity contribution in [3.8, 4) is 5.75 Å². The summed E-state index contributed by atoms with van der Waals surface area (Å²) in [5, 5.41) is 0. The van der Waals surface area contributed by atoms with Gasteiger partial charge >= 0.3 is 5.97 Å². The molecule has 29 heavy (non-hydrogen) atoms. The molecule has 3 rings (SSSR count). The highest BCUT2D eigenvalue weighted by Crippen LogP contribution is 2.36. The third kappa shape index (κ3) is 4.31. The Kier molecular flexibility index (Phi) is 6.01. The Morgan fingerprint density at radius 1 is 1.10 bits per heavy atom. The van der Waals surface area contributed by atoms with Gasteiger partial charge in [-0.1, -0.05) is 0 Å². The van der Waals surface area contributed by atoms with Crippen molar-refractivity contribution in [2.45, 2.75) is 13.3 Å². The molecule has 2 amide bonds. The monoisotopic (exact) mass is 397 g/mol. The van der Waals surface area contributed by atoms with Crippen LogP contribution in [0.5, 0.6) is 5.75 Å². The minimum Gasteiger partial charge on any atom is -0.497 e. The lowest BCUT2D eigenvalue weighted by atomic mass is 10.1. The van der Waals surface area contributed by atoms with Gasteiger partial charge < -0.3 is 20.1 Å². The van der Waals surface area contributed by atoms with Crippen LogP contribution in [0.3, 0.4) is 0 Å². The van der Waals surface area contributed by atoms with Crippen LogP contribution in [0.25, 0.3) is 0 Å². The van der Waals surface area contributed by atoms with Crippen LogP contribution >= 0.6 is 0 Å². The van der Waals surface area contributed by atoms with Gasteiger partial charge in [-0.3, -0.25) is 19.3 Å². The van der Waals surface area contributed by atoms with Gasteiger partial charge in [0.2, 0.25) is 5.91 Å². The largest absolute Gasteiger partial charge is 0.497 e. The van der Waals surface area contributed by atoms with E-state index in [2.05, 4.69) is 0 Å². The molecule has 0 radical (unpaired) electrons. The maximum atomic E-state index is 13.2. The molecule has 152 valence electrons. The lowest BCUT2D eigenvalue weighted by Crippen LogP contribution is -2.36.